The highest BCUT2D eigenvalue weighted by molar-refractivity contribution is 5.60. The molecule has 0 saturated carbocycles. The smallest absolute Gasteiger partial charge is 0.415 e. The number of nitro groups is 1. The van der Waals surface area contributed by atoms with Crippen LogP contribution in [0.15, 0.2) is 36.5 Å². The summed E-state index contributed by atoms with van der Waals surface area (Å²) >= 11 is 0. The van der Waals surface area contributed by atoms with Crippen LogP contribution in [0.5, 0.6) is 6.01 Å². The molecule has 0 bridgehead atoms. The molecule has 0 fully saturated rings. The maximum Gasteiger partial charge on any atom is 0.415 e. The van der Waals surface area contributed by atoms with Crippen LogP contribution in [0.1, 0.15) is 23.7 Å². The van der Waals surface area contributed by atoms with Crippen molar-refractivity contribution in [3.05, 3.63) is 69.3 Å². The molecule has 0 N–H and O–H groups in total. The predicted octanol–water partition coefficient (Wildman–Crippen LogP) is 3.51. The minimum Gasteiger partial charge on any atom is -0.436 e. The summed E-state index contributed by atoms with van der Waals surface area (Å²) in [7, 11) is 0. The molecule has 160 valence electrons. The van der Waals surface area contributed by atoms with E-state index in [9.17, 15) is 14.5 Å². The monoisotopic (exact) mass is 423 g/mol. The third-order valence-corrected chi connectivity index (χ3v) is 5.90. The lowest BCUT2D eigenvalue weighted by Crippen LogP contribution is -2.46. The van der Waals surface area contributed by atoms with Crippen molar-refractivity contribution in [2.45, 2.75) is 39.0 Å². The lowest BCUT2D eigenvalue weighted by atomic mass is 10.00. The van der Waals surface area contributed by atoms with Crippen LogP contribution in [-0.2, 0) is 19.5 Å². The Hall–Kier alpha value is -3.33. The SMILES string of the molecule is Cc1cc(-c2ccc3c(n2)CCN(C[C@@]2(C)Cn4cc([N+](=O)[O-])nc4O2)C3)ccc1F. The Morgan fingerprint density at radius 1 is 1.29 bits per heavy atom. The highest BCUT2D eigenvalue weighted by atomic mass is 19.1. The second-order valence-corrected chi connectivity index (χ2v) is 8.55. The molecule has 1 aromatic carbocycles. The van der Waals surface area contributed by atoms with Gasteiger partial charge in [0, 0.05) is 42.3 Å². The van der Waals surface area contributed by atoms with E-state index in [1.165, 1.54) is 17.8 Å². The molecule has 0 unspecified atom stereocenters. The molecule has 9 heteroatoms. The topological polar surface area (TPSA) is 86.3 Å². The first-order chi connectivity index (χ1) is 14.8. The summed E-state index contributed by atoms with van der Waals surface area (Å²) in [6.07, 6.45) is 2.24. The van der Waals surface area contributed by atoms with Gasteiger partial charge in [-0.15, -0.1) is 0 Å². The second kappa shape index (κ2) is 7.12. The molecule has 0 radical (unpaired) electrons. The van der Waals surface area contributed by atoms with Gasteiger partial charge in [-0.1, -0.05) is 6.07 Å². The number of nitrogens with zero attached hydrogens (tertiary/aromatic N) is 5. The number of pyridine rings is 1. The summed E-state index contributed by atoms with van der Waals surface area (Å²) in [6, 6.07) is 9.44. The lowest BCUT2D eigenvalue weighted by Gasteiger charge is -2.34. The Balaban J connectivity index is 1.28. The van der Waals surface area contributed by atoms with E-state index in [0.717, 1.165) is 36.5 Å². The highest BCUT2D eigenvalue weighted by Gasteiger charge is 2.41. The largest absolute Gasteiger partial charge is 0.436 e. The number of rotatable bonds is 4. The van der Waals surface area contributed by atoms with E-state index in [1.807, 2.05) is 19.1 Å². The van der Waals surface area contributed by atoms with Crippen molar-refractivity contribution in [1.82, 2.24) is 19.4 Å². The molecule has 5 rings (SSSR count). The third-order valence-electron chi connectivity index (χ3n) is 5.90. The minimum atomic E-state index is -0.512. The van der Waals surface area contributed by atoms with Crippen LogP contribution in [0.2, 0.25) is 0 Å². The zero-order chi connectivity index (χ0) is 21.8. The Bertz CT molecular complexity index is 1170. The zero-order valence-electron chi connectivity index (χ0n) is 17.3. The molecule has 2 aliphatic rings. The Morgan fingerprint density at radius 2 is 2.13 bits per heavy atom. The van der Waals surface area contributed by atoms with Crippen LogP contribution in [0, 0.1) is 22.9 Å². The van der Waals surface area contributed by atoms with Crippen LogP contribution in [0.3, 0.4) is 0 Å². The van der Waals surface area contributed by atoms with Crippen LogP contribution < -0.4 is 4.74 Å². The van der Waals surface area contributed by atoms with Crippen molar-refractivity contribution < 1.29 is 14.1 Å². The fraction of sp³-hybridized carbons (Fsp3) is 0.364. The molecule has 0 amide bonds. The maximum absolute atomic E-state index is 13.6. The Labute approximate surface area is 178 Å². The molecule has 0 aliphatic carbocycles. The number of fused-ring (bicyclic) bond motifs is 2. The van der Waals surface area contributed by atoms with Crippen LogP contribution in [0.4, 0.5) is 10.2 Å². The molecule has 2 aromatic heterocycles. The average molecular weight is 423 g/mol. The fourth-order valence-electron chi connectivity index (χ4n) is 4.41. The van der Waals surface area contributed by atoms with Gasteiger partial charge in [-0.2, -0.15) is 0 Å². The van der Waals surface area contributed by atoms with Crippen LogP contribution in [0.25, 0.3) is 11.3 Å². The maximum atomic E-state index is 13.6. The van der Waals surface area contributed by atoms with Crippen molar-refractivity contribution in [3.8, 4) is 17.3 Å². The van der Waals surface area contributed by atoms with Gasteiger partial charge in [0.25, 0.3) is 0 Å². The van der Waals surface area contributed by atoms with E-state index in [0.29, 0.717) is 24.7 Å². The molecule has 3 aromatic rings. The van der Waals surface area contributed by atoms with Crippen LogP contribution >= 0.6 is 0 Å². The first kappa shape index (κ1) is 19.6. The summed E-state index contributed by atoms with van der Waals surface area (Å²) in [5.41, 5.74) is 4.13. The quantitative estimate of drug-likeness (QED) is 0.472. The van der Waals surface area contributed by atoms with E-state index in [4.69, 9.17) is 9.72 Å². The first-order valence-corrected chi connectivity index (χ1v) is 10.2. The highest BCUT2D eigenvalue weighted by Crippen LogP contribution is 2.33. The molecule has 31 heavy (non-hydrogen) atoms. The molecule has 1 atom stereocenters. The van der Waals surface area contributed by atoms with E-state index in [2.05, 4.69) is 16.0 Å². The van der Waals surface area contributed by atoms with Crippen molar-refractivity contribution >= 4 is 5.82 Å². The van der Waals surface area contributed by atoms with Gasteiger partial charge < -0.3 is 14.9 Å². The number of ether oxygens (including phenoxy) is 1. The van der Waals surface area contributed by atoms with Crippen molar-refractivity contribution in [2.24, 2.45) is 0 Å². The molecule has 2 aliphatic heterocycles. The van der Waals surface area contributed by atoms with Gasteiger partial charge >= 0.3 is 11.8 Å². The number of hydrogen-bond acceptors (Lipinski definition) is 6. The number of benzene rings is 1. The van der Waals surface area contributed by atoms with Crippen LogP contribution in [-0.4, -0.2) is 43.0 Å². The number of aromatic nitrogens is 3. The second-order valence-electron chi connectivity index (χ2n) is 8.55. The van der Waals surface area contributed by atoms with Gasteiger partial charge in [0.1, 0.15) is 17.6 Å². The molecule has 8 nitrogen and oxygen atoms in total. The van der Waals surface area contributed by atoms with Gasteiger partial charge in [-0.25, -0.2) is 4.39 Å². The summed E-state index contributed by atoms with van der Waals surface area (Å²) in [5.74, 6) is -0.404. The normalized spacial score (nSPS) is 20.2. The number of imidazole rings is 1. The Kier molecular flexibility index (Phi) is 4.51. The summed E-state index contributed by atoms with van der Waals surface area (Å²) in [5, 5.41) is 10.9. The zero-order valence-corrected chi connectivity index (χ0v) is 17.3. The number of hydrogen-bond donors (Lipinski definition) is 0. The predicted molar refractivity (Wildman–Crippen MR) is 111 cm³/mol. The van der Waals surface area contributed by atoms with Crippen molar-refractivity contribution in [2.75, 3.05) is 13.1 Å². The van der Waals surface area contributed by atoms with Gasteiger partial charge in [-0.3, -0.25) is 14.5 Å². The molecule has 0 spiro atoms. The summed E-state index contributed by atoms with van der Waals surface area (Å²) in [4.78, 5) is 21.5. The van der Waals surface area contributed by atoms with Gasteiger partial charge in [0.05, 0.1) is 12.2 Å². The molecular weight excluding hydrogens is 401 g/mol. The number of aryl methyl sites for hydroxylation is 1. The minimum absolute atomic E-state index is 0.192. The van der Waals surface area contributed by atoms with Gasteiger partial charge in [0.15, 0.2) is 0 Å². The lowest BCUT2D eigenvalue weighted by molar-refractivity contribution is -0.389. The summed E-state index contributed by atoms with van der Waals surface area (Å²) in [6.45, 7) is 6.56. The van der Waals surface area contributed by atoms with Crippen molar-refractivity contribution in [1.29, 1.82) is 0 Å². The molecule has 0 saturated heterocycles. The number of halogens is 1. The standard InChI is InChI=1S/C22H22FN5O3/c1-14-9-15(3-5-17(14)23)18-6-4-16-10-26(8-7-19(16)24-18)12-22(2)13-27-11-20(28(29)30)25-21(27)31-22/h3-6,9,11H,7-8,10,12-13H2,1-2H3/t22-/m0/s1. The molecular formula is C22H22FN5O3. The van der Waals surface area contributed by atoms with E-state index in [1.54, 1.807) is 17.6 Å². The first-order valence-electron chi connectivity index (χ1n) is 10.2. The van der Waals surface area contributed by atoms with E-state index in [-0.39, 0.29) is 11.6 Å². The fourth-order valence-corrected chi connectivity index (χ4v) is 4.41. The van der Waals surface area contributed by atoms with Gasteiger partial charge in [-0.05, 0) is 54.2 Å². The Morgan fingerprint density at radius 3 is 2.87 bits per heavy atom. The van der Waals surface area contributed by atoms with E-state index < -0.39 is 10.5 Å². The third kappa shape index (κ3) is 3.65. The van der Waals surface area contributed by atoms with Gasteiger partial charge in [0.2, 0.25) is 0 Å². The summed E-state index contributed by atoms with van der Waals surface area (Å²) < 4.78 is 21.3. The molecule has 4 heterocycles. The average Bonchev–Trinajstić information content (AvgIpc) is 3.24. The van der Waals surface area contributed by atoms with E-state index >= 15 is 0 Å². The van der Waals surface area contributed by atoms with Crippen molar-refractivity contribution in [3.63, 3.8) is 0 Å².